The molecular weight excluding hydrogens is 353 g/mol. The van der Waals surface area contributed by atoms with E-state index in [9.17, 15) is 18.0 Å². The molecule has 0 radical (unpaired) electrons. The van der Waals surface area contributed by atoms with Crippen LogP contribution in [0.15, 0.2) is 36.7 Å². The minimum Gasteiger partial charge on any atom is -0.454 e. The molecular formula is C17H15F3N2O4. The molecule has 1 aromatic carbocycles. The number of fused-ring (bicyclic) bond motifs is 1. The molecule has 1 unspecified atom stereocenters. The largest absolute Gasteiger partial charge is 0.454 e. The van der Waals surface area contributed by atoms with Gasteiger partial charge in [0.15, 0.2) is 17.6 Å². The van der Waals surface area contributed by atoms with Gasteiger partial charge in [0.05, 0.1) is 5.56 Å². The van der Waals surface area contributed by atoms with Crippen LogP contribution in [0.2, 0.25) is 0 Å². The average Bonchev–Trinajstić information content (AvgIpc) is 3.07. The summed E-state index contributed by atoms with van der Waals surface area (Å²) in [5, 5.41) is 0. The summed E-state index contributed by atoms with van der Waals surface area (Å²) in [6, 6.07) is 5.56. The molecule has 0 saturated carbocycles. The van der Waals surface area contributed by atoms with Crippen molar-refractivity contribution in [3.05, 3.63) is 53.3 Å². The van der Waals surface area contributed by atoms with Gasteiger partial charge in [0.2, 0.25) is 6.79 Å². The SMILES string of the molecule is CN(C)C(=O)OC(c1cnccc1C(F)(F)F)c1cccc2c1OCO2. The molecule has 0 fully saturated rings. The minimum absolute atomic E-state index is 0.0696. The lowest BCUT2D eigenvalue weighted by Gasteiger charge is -2.24. The molecule has 1 aliphatic rings. The lowest BCUT2D eigenvalue weighted by Crippen LogP contribution is -2.26. The molecule has 26 heavy (non-hydrogen) atoms. The number of alkyl halides is 3. The fourth-order valence-electron chi connectivity index (χ4n) is 2.53. The summed E-state index contributed by atoms with van der Waals surface area (Å²) in [4.78, 5) is 17.0. The number of halogens is 3. The highest BCUT2D eigenvalue weighted by Crippen LogP contribution is 2.44. The van der Waals surface area contributed by atoms with E-state index in [4.69, 9.17) is 14.2 Å². The van der Waals surface area contributed by atoms with E-state index < -0.39 is 23.9 Å². The molecule has 0 N–H and O–H groups in total. The molecule has 0 bridgehead atoms. The Morgan fingerprint density at radius 1 is 1.23 bits per heavy atom. The monoisotopic (exact) mass is 368 g/mol. The molecule has 9 heteroatoms. The van der Waals surface area contributed by atoms with Crippen molar-refractivity contribution in [2.24, 2.45) is 0 Å². The van der Waals surface area contributed by atoms with Crippen LogP contribution in [0.3, 0.4) is 0 Å². The lowest BCUT2D eigenvalue weighted by molar-refractivity contribution is -0.139. The Morgan fingerprint density at radius 2 is 2.00 bits per heavy atom. The Morgan fingerprint density at radius 3 is 2.69 bits per heavy atom. The van der Waals surface area contributed by atoms with Crippen molar-refractivity contribution in [1.29, 1.82) is 0 Å². The maximum Gasteiger partial charge on any atom is 0.416 e. The number of hydrogen-bond donors (Lipinski definition) is 0. The van der Waals surface area contributed by atoms with Gasteiger partial charge in [-0.2, -0.15) is 13.2 Å². The fourth-order valence-corrected chi connectivity index (χ4v) is 2.53. The molecule has 2 aromatic rings. The standard InChI is InChI=1S/C17H15F3N2O4/c1-22(2)16(23)26-14(10-4-3-5-13-15(10)25-9-24-13)11-8-21-7-6-12(11)17(18,19)20/h3-8,14H,9H2,1-2H3. The van der Waals surface area contributed by atoms with Gasteiger partial charge in [-0.3, -0.25) is 4.98 Å². The van der Waals surface area contributed by atoms with Crippen molar-refractivity contribution < 1.29 is 32.2 Å². The first-order chi connectivity index (χ1) is 12.3. The molecule has 138 valence electrons. The van der Waals surface area contributed by atoms with Crippen molar-refractivity contribution in [3.8, 4) is 11.5 Å². The van der Waals surface area contributed by atoms with E-state index in [0.717, 1.165) is 23.4 Å². The third-order valence-electron chi connectivity index (χ3n) is 3.73. The van der Waals surface area contributed by atoms with Crippen LogP contribution in [0.5, 0.6) is 11.5 Å². The summed E-state index contributed by atoms with van der Waals surface area (Å²) in [5.41, 5.74) is -0.992. The highest BCUT2D eigenvalue weighted by Gasteiger charge is 2.38. The topological polar surface area (TPSA) is 60.9 Å². The third kappa shape index (κ3) is 3.37. The highest BCUT2D eigenvalue weighted by molar-refractivity contribution is 5.68. The molecule has 0 aliphatic carbocycles. The summed E-state index contributed by atoms with van der Waals surface area (Å²) in [6.07, 6.45) is -4.75. The van der Waals surface area contributed by atoms with E-state index in [-0.39, 0.29) is 23.7 Å². The number of para-hydroxylation sites is 1. The van der Waals surface area contributed by atoms with E-state index in [0.29, 0.717) is 5.75 Å². The van der Waals surface area contributed by atoms with Gasteiger partial charge >= 0.3 is 12.3 Å². The Labute approximate surface area is 147 Å². The Hall–Kier alpha value is -2.97. The van der Waals surface area contributed by atoms with Crippen LogP contribution >= 0.6 is 0 Å². The molecule has 1 aromatic heterocycles. The first-order valence-corrected chi connectivity index (χ1v) is 7.56. The molecule has 1 amide bonds. The Bertz CT molecular complexity index is 824. The van der Waals surface area contributed by atoms with Gasteiger partial charge in [-0.25, -0.2) is 4.79 Å². The summed E-state index contributed by atoms with van der Waals surface area (Å²) in [7, 11) is 2.87. The van der Waals surface area contributed by atoms with Crippen LogP contribution in [-0.2, 0) is 10.9 Å². The second kappa shape index (κ2) is 6.74. The van der Waals surface area contributed by atoms with Crippen LogP contribution in [0.4, 0.5) is 18.0 Å². The van der Waals surface area contributed by atoms with Gasteiger partial charge in [-0.15, -0.1) is 0 Å². The number of ether oxygens (including phenoxy) is 3. The predicted octanol–water partition coefficient (Wildman–Crippen LogP) is 3.62. The summed E-state index contributed by atoms with van der Waals surface area (Å²) >= 11 is 0. The number of nitrogens with zero attached hydrogens (tertiary/aromatic N) is 2. The zero-order valence-electron chi connectivity index (χ0n) is 13.9. The van der Waals surface area contributed by atoms with Gasteiger partial charge in [-0.05, 0) is 12.1 Å². The highest BCUT2D eigenvalue weighted by atomic mass is 19.4. The van der Waals surface area contributed by atoms with E-state index in [1.807, 2.05) is 0 Å². The maximum atomic E-state index is 13.5. The first-order valence-electron chi connectivity index (χ1n) is 7.56. The van der Waals surface area contributed by atoms with Crippen molar-refractivity contribution in [1.82, 2.24) is 9.88 Å². The summed E-state index contributed by atoms with van der Waals surface area (Å²) < 4.78 is 56.4. The van der Waals surface area contributed by atoms with Gasteiger partial charge in [0, 0.05) is 37.6 Å². The number of hydrogen-bond acceptors (Lipinski definition) is 5. The molecule has 3 rings (SSSR count). The molecule has 6 nitrogen and oxygen atoms in total. The average molecular weight is 368 g/mol. The Kier molecular flexibility index (Phi) is 4.62. The van der Waals surface area contributed by atoms with Gasteiger partial charge in [0.25, 0.3) is 0 Å². The number of carbonyl (C=O) groups is 1. The molecule has 1 aliphatic heterocycles. The van der Waals surface area contributed by atoms with Gasteiger partial charge in [-0.1, -0.05) is 12.1 Å². The maximum absolute atomic E-state index is 13.5. The second-order valence-electron chi connectivity index (χ2n) is 5.70. The normalized spacial score (nSPS) is 14.0. The number of carbonyl (C=O) groups excluding carboxylic acids is 1. The molecule has 2 heterocycles. The van der Waals surface area contributed by atoms with E-state index in [1.165, 1.54) is 20.2 Å². The number of rotatable bonds is 3. The van der Waals surface area contributed by atoms with Crippen molar-refractivity contribution >= 4 is 6.09 Å². The first kappa shape index (κ1) is 17.8. The molecule has 0 saturated heterocycles. The summed E-state index contributed by atoms with van der Waals surface area (Å²) in [5.74, 6) is 0.604. The van der Waals surface area contributed by atoms with E-state index in [2.05, 4.69) is 4.98 Å². The molecule has 0 spiro atoms. The smallest absolute Gasteiger partial charge is 0.416 e. The van der Waals surface area contributed by atoms with Crippen LogP contribution in [0, 0.1) is 0 Å². The summed E-state index contributed by atoms with van der Waals surface area (Å²) in [6.45, 7) is -0.0696. The minimum atomic E-state index is -4.64. The third-order valence-corrected chi connectivity index (χ3v) is 3.73. The zero-order chi connectivity index (χ0) is 18.9. The van der Waals surface area contributed by atoms with Crippen LogP contribution in [0.1, 0.15) is 22.8 Å². The number of pyridine rings is 1. The Balaban J connectivity index is 2.15. The van der Waals surface area contributed by atoms with Crippen molar-refractivity contribution in [2.75, 3.05) is 20.9 Å². The van der Waals surface area contributed by atoms with Crippen LogP contribution in [0.25, 0.3) is 0 Å². The fraction of sp³-hybridized carbons (Fsp3) is 0.294. The number of amides is 1. The van der Waals surface area contributed by atoms with E-state index in [1.54, 1.807) is 12.1 Å². The molecule has 1 atom stereocenters. The zero-order valence-corrected chi connectivity index (χ0v) is 13.9. The number of aromatic nitrogens is 1. The second-order valence-corrected chi connectivity index (χ2v) is 5.70. The number of benzene rings is 1. The van der Waals surface area contributed by atoms with Crippen molar-refractivity contribution in [2.45, 2.75) is 12.3 Å². The predicted molar refractivity (Wildman–Crippen MR) is 83.8 cm³/mol. The van der Waals surface area contributed by atoms with E-state index >= 15 is 0 Å². The van der Waals surface area contributed by atoms with Gasteiger partial charge in [0.1, 0.15) is 0 Å². The van der Waals surface area contributed by atoms with Crippen molar-refractivity contribution in [3.63, 3.8) is 0 Å². The lowest BCUT2D eigenvalue weighted by atomic mass is 9.97. The van der Waals surface area contributed by atoms with Gasteiger partial charge < -0.3 is 19.1 Å². The quantitative estimate of drug-likeness (QED) is 0.828. The van der Waals surface area contributed by atoms with Crippen LogP contribution < -0.4 is 9.47 Å². The van der Waals surface area contributed by atoms with Crippen LogP contribution in [-0.4, -0.2) is 36.9 Å².